The summed E-state index contributed by atoms with van der Waals surface area (Å²) in [6.45, 7) is 0.679. The molecule has 6 heteroatoms. The number of fused-ring (bicyclic) bond motifs is 1. The Morgan fingerprint density at radius 1 is 1.19 bits per heavy atom. The number of aliphatic carboxylic acids is 1. The molecule has 21 heavy (non-hydrogen) atoms. The lowest BCUT2D eigenvalue weighted by Crippen LogP contribution is -2.40. The van der Waals surface area contributed by atoms with Crippen LogP contribution in [-0.4, -0.2) is 65.5 Å². The fourth-order valence-electron chi connectivity index (χ4n) is 2.17. The van der Waals surface area contributed by atoms with Crippen LogP contribution in [0.2, 0.25) is 0 Å². The number of likely N-dealkylation sites (N-methyl/N-ethyl adjacent to an activating group) is 1. The molecule has 2 rings (SSSR count). The average Bonchev–Trinajstić information content (AvgIpc) is 2.90. The Kier molecular flexibility index (Phi) is 4.59. The van der Waals surface area contributed by atoms with Gasteiger partial charge in [-0.3, -0.25) is 9.59 Å². The molecule has 2 N–H and O–H groups in total. The molecule has 0 aliphatic rings. The van der Waals surface area contributed by atoms with E-state index in [1.807, 2.05) is 31.1 Å². The van der Waals surface area contributed by atoms with Crippen molar-refractivity contribution in [1.82, 2.24) is 14.8 Å². The normalized spacial score (nSPS) is 11.0. The first-order valence-electron chi connectivity index (χ1n) is 6.71. The van der Waals surface area contributed by atoms with Crippen LogP contribution in [0.25, 0.3) is 10.9 Å². The van der Waals surface area contributed by atoms with Crippen molar-refractivity contribution in [3.63, 3.8) is 0 Å². The Morgan fingerprint density at radius 3 is 2.62 bits per heavy atom. The summed E-state index contributed by atoms with van der Waals surface area (Å²) >= 11 is 0. The third-order valence-corrected chi connectivity index (χ3v) is 3.25. The number of benzene rings is 1. The Hall–Kier alpha value is -2.34. The molecular formula is C15H19N3O3. The van der Waals surface area contributed by atoms with E-state index in [9.17, 15) is 9.59 Å². The first-order chi connectivity index (χ1) is 9.99. The number of nitrogens with one attached hydrogen (secondary N) is 1. The number of H-pyrrole nitrogens is 1. The third-order valence-electron chi connectivity index (χ3n) is 3.25. The van der Waals surface area contributed by atoms with Gasteiger partial charge in [-0.1, -0.05) is 12.1 Å². The monoisotopic (exact) mass is 289 g/mol. The fourth-order valence-corrected chi connectivity index (χ4v) is 2.17. The van der Waals surface area contributed by atoms with Gasteiger partial charge in [0.2, 0.25) is 0 Å². The highest BCUT2D eigenvalue weighted by molar-refractivity contribution is 6.06. The summed E-state index contributed by atoms with van der Waals surface area (Å²) < 4.78 is 0. The number of nitrogens with zero attached hydrogens (tertiary/aromatic N) is 2. The van der Waals surface area contributed by atoms with Gasteiger partial charge >= 0.3 is 5.97 Å². The molecule has 0 aliphatic heterocycles. The van der Waals surface area contributed by atoms with Crippen LogP contribution in [0.15, 0.2) is 30.5 Å². The number of aromatic nitrogens is 1. The summed E-state index contributed by atoms with van der Waals surface area (Å²) in [5.41, 5.74) is 1.24. The number of carboxylic acids is 1. The maximum Gasteiger partial charge on any atom is 0.323 e. The predicted octanol–water partition coefficient (Wildman–Crippen LogP) is 1.26. The number of para-hydroxylation sites is 1. The molecule has 1 aromatic heterocycles. The zero-order chi connectivity index (χ0) is 15.4. The topological polar surface area (TPSA) is 76.6 Å². The lowest BCUT2D eigenvalue weighted by atomic mass is 10.1. The number of carbonyl (C=O) groups is 2. The molecule has 2 aromatic rings. The molecular weight excluding hydrogens is 270 g/mol. The molecule has 6 nitrogen and oxygen atoms in total. The van der Waals surface area contributed by atoms with Gasteiger partial charge in [-0.05, 0) is 26.2 Å². The molecule has 0 bridgehead atoms. The zero-order valence-electron chi connectivity index (χ0n) is 12.2. The molecule has 0 fully saturated rings. The highest BCUT2D eigenvalue weighted by Gasteiger charge is 2.20. The van der Waals surface area contributed by atoms with Crippen LogP contribution >= 0.6 is 0 Å². The van der Waals surface area contributed by atoms with Gasteiger partial charge in [0.25, 0.3) is 5.91 Å². The number of carboxylic acid groups (broad SMARTS) is 1. The summed E-state index contributed by atoms with van der Waals surface area (Å²) in [6, 6.07) is 7.30. The van der Waals surface area contributed by atoms with E-state index in [4.69, 9.17) is 5.11 Å². The highest BCUT2D eigenvalue weighted by Crippen LogP contribution is 2.18. The number of amides is 1. The van der Waals surface area contributed by atoms with E-state index in [1.165, 1.54) is 4.90 Å². The molecule has 0 atom stereocenters. The summed E-state index contributed by atoms with van der Waals surface area (Å²) in [7, 11) is 3.77. The minimum atomic E-state index is -1.01. The minimum absolute atomic E-state index is 0.271. The van der Waals surface area contributed by atoms with E-state index in [2.05, 4.69) is 4.98 Å². The van der Waals surface area contributed by atoms with Crippen LogP contribution in [0.1, 0.15) is 10.4 Å². The van der Waals surface area contributed by atoms with E-state index in [0.717, 1.165) is 10.9 Å². The molecule has 0 unspecified atom stereocenters. The van der Waals surface area contributed by atoms with E-state index >= 15 is 0 Å². The predicted molar refractivity (Wildman–Crippen MR) is 80.4 cm³/mol. The van der Waals surface area contributed by atoms with Gasteiger partial charge in [0, 0.05) is 24.7 Å². The molecule has 0 radical (unpaired) electrons. The second-order valence-electron chi connectivity index (χ2n) is 5.17. The maximum absolute atomic E-state index is 12.6. The largest absolute Gasteiger partial charge is 0.480 e. The number of carbonyl (C=O) groups excluding carboxylic acids is 1. The highest BCUT2D eigenvalue weighted by atomic mass is 16.4. The van der Waals surface area contributed by atoms with Crippen LogP contribution in [0.5, 0.6) is 0 Å². The number of aromatic amines is 1. The van der Waals surface area contributed by atoms with Crippen LogP contribution in [0.3, 0.4) is 0 Å². The Balaban J connectivity index is 2.28. The van der Waals surface area contributed by atoms with Crippen LogP contribution in [0, 0.1) is 0 Å². The van der Waals surface area contributed by atoms with Gasteiger partial charge < -0.3 is 19.9 Å². The second kappa shape index (κ2) is 6.41. The molecule has 0 aliphatic carbocycles. The Morgan fingerprint density at radius 2 is 1.95 bits per heavy atom. The molecule has 1 heterocycles. The van der Waals surface area contributed by atoms with E-state index in [-0.39, 0.29) is 12.5 Å². The quantitative estimate of drug-likeness (QED) is 0.839. The van der Waals surface area contributed by atoms with Crippen molar-refractivity contribution in [2.45, 2.75) is 0 Å². The average molecular weight is 289 g/mol. The van der Waals surface area contributed by atoms with Crippen molar-refractivity contribution < 1.29 is 14.7 Å². The maximum atomic E-state index is 12.6. The molecule has 112 valence electrons. The van der Waals surface area contributed by atoms with Crippen LogP contribution in [0.4, 0.5) is 0 Å². The van der Waals surface area contributed by atoms with Crippen molar-refractivity contribution in [3.8, 4) is 0 Å². The fraction of sp³-hybridized carbons (Fsp3) is 0.333. The Bertz CT molecular complexity index is 648. The van der Waals surface area contributed by atoms with Crippen molar-refractivity contribution in [2.24, 2.45) is 0 Å². The van der Waals surface area contributed by atoms with Crippen molar-refractivity contribution in [1.29, 1.82) is 0 Å². The lowest BCUT2D eigenvalue weighted by molar-refractivity contribution is -0.137. The van der Waals surface area contributed by atoms with E-state index < -0.39 is 5.97 Å². The molecule has 0 saturated heterocycles. The molecule has 0 spiro atoms. The van der Waals surface area contributed by atoms with E-state index in [0.29, 0.717) is 18.7 Å². The summed E-state index contributed by atoms with van der Waals surface area (Å²) in [5.74, 6) is -1.28. The van der Waals surface area contributed by atoms with Crippen molar-refractivity contribution in [2.75, 3.05) is 33.7 Å². The van der Waals surface area contributed by atoms with Crippen LogP contribution < -0.4 is 0 Å². The molecule has 1 amide bonds. The smallest absolute Gasteiger partial charge is 0.323 e. The van der Waals surface area contributed by atoms with E-state index in [1.54, 1.807) is 18.3 Å². The summed E-state index contributed by atoms with van der Waals surface area (Å²) in [6.07, 6.45) is 1.77. The third kappa shape index (κ3) is 3.61. The van der Waals surface area contributed by atoms with Crippen LogP contribution in [-0.2, 0) is 4.79 Å². The standard InChI is InChI=1S/C15H19N3O3/c1-17(2)8-9-18(10-13(19)20)15(21)12-5-3-4-11-6-7-16-14(11)12/h3-7,16H,8-10H2,1-2H3,(H,19,20). The van der Waals surface area contributed by atoms with Gasteiger partial charge in [0.15, 0.2) is 0 Å². The Labute approximate surface area is 123 Å². The number of hydrogen-bond acceptors (Lipinski definition) is 3. The zero-order valence-corrected chi connectivity index (χ0v) is 12.2. The lowest BCUT2D eigenvalue weighted by Gasteiger charge is -2.23. The first kappa shape index (κ1) is 15.1. The van der Waals surface area contributed by atoms with Gasteiger partial charge in [0.1, 0.15) is 6.54 Å². The van der Waals surface area contributed by atoms with Gasteiger partial charge in [-0.2, -0.15) is 0 Å². The van der Waals surface area contributed by atoms with Crippen molar-refractivity contribution in [3.05, 3.63) is 36.0 Å². The first-order valence-corrected chi connectivity index (χ1v) is 6.71. The second-order valence-corrected chi connectivity index (χ2v) is 5.17. The molecule has 0 saturated carbocycles. The van der Waals surface area contributed by atoms with Gasteiger partial charge in [0.05, 0.1) is 11.1 Å². The number of hydrogen-bond donors (Lipinski definition) is 2. The van der Waals surface area contributed by atoms with Gasteiger partial charge in [-0.25, -0.2) is 0 Å². The molecule has 1 aromatic carbocycles. The minimum Gasteiger partial charge on any atom is -0.480 e. The number of rotatable bonds is 6. The van der Waals surface area contributed by atoms with Gasteiger partial charge in [-0.15, -0.1) is 0 Å². The van der Waals surface area contributed by atoms with Crippen molar-refractivity contribution >= 4 is 22.8 Å². The SMILES string of the molecule is CN(C)CCN(CC(=O)O)C(=O)c1cccc2cc[nH]c12. The summed E-state index contributed by atoms with van der Waals surface area (Å²) in [5, 5.41) is 9.94. The summed E-state index contributed by atoms with van der Waals surface area (Å²) in [4.78, 5) is 29.9.